The van der Waals surface area contributed by atoms with Crippen LogP contribution < -0.4 is 0 Å². The topological polar surface area (TPSA) is 9.23 Å². The Balaban J connectivity index is 2.58. The van der Waals surface area contributed by atoms with Gasteiger partial charge in [0, 0.05) is 16.5 Å². The molecule has 0 aromatic heterocycles. The zero-order valence-corrected chi connectivity index (χ0v) is 10.3. The van der Waals surface area contributed by atoms with Crippen molar-refractivity contribution < 1.29 is 4.74 Å². The van der Waals surface area contributed by atoms with Crippen LogP contribution in [0.1, 0.15) is 18.1 Å². The smallest absolute Gasteiger partial charge is 0.0712 e. The first-order valence-corrected chi connectivity index (χ1v) is 6.07. The highest BCUT2D eigenvalue weighted by molar-refractivity contribution is 6.08. The average molecular weight is 192 g/mol. The van der Waals surface area contributed by atoms with Crippen molar-refractivity contribution in [2.45, 2.75) is 13.5 Å². The van der Waals surface area contributed by atoms with Crippen LogP contribution in [0, 0.1) is 0 Å². The van der Waals surface area contributed by atoms with Crippen molar-refractivity contribution in [3.63, 3.8) is 0 Å². The van der Waals surface area contributed by atoms with Gasteiger partial charge in [-0.3, -0.25) is 0 Å². The van der Waals surface area contributed by atoms with E-state index < -0.39 is 0 Å². The summed E-state index contributed by atoms with van der Waals surface area (Å²) in [5.74, 6) is 0. The highest BCUT2D eigenvalue weighted by Gasteiger charge is 1.91. The Hall–Kier alpha value is -0.863. The van der Waals surface area contributed by atoms with Gasteiger partial charge < -0.3 is 4.74 Å². The van der Waals surface area contributed by atoms with Crippen LogP contribution in [-0.4, -0.2) is 16.5 Å². The van der Waals surface area contributed by atoms with Crippen LogP contribution >= 0.6 is 0 Å². The maximum absolute atomic E-state index is 5.36. The summed E-state index contributed by atoms with van der Waals surface area (Å²) < 4.78 is 5.36. The average Bonchev–Trinajstić information content (AvgIpc) is 2.17. The molecule has 0 atom stereocenters. The lowest BCUT2D eigenvalue weighted by Crippen LogP contribution is -1.93. The van der Waals surface area contributed by atoms with Gasteiger partial charge in [-0.1, -0.05) is 36.4 Å². The SMILES string of the molecule is C/C=C/c1ccc(COC[SiH3])cc1. The van der Waals surface area contributed by atoms with Crippen molar-refractivity contribution >= 4 is 16.3 Å². The van der Waals surface area contributed by atoms with E-state index in [9.17, 15) is 0 Å². The first kappa shape index (κ1) is 10.2. The van der Waals surface area contributed by atoms with Crippen molar-refractivity contribution in [2.24, 2.45) is 0 Å². The zero-order valence-electron chi connectivity index (χ0n) is 8.29. The number of ether oxygens (including phenoxy) is 1. The minimum atomic E-state index is 0.750. The van der Waals surface area contributed by atoms with Crippen molar-refractivity contribution in [3.05, 3.63) is 41.5 Å². The van der Waals surface area contributed by atoms with Gasteiger partial charge in [-0.15, -0.1) is 0 Å². The second-order valence-corrected chi connectivity index (χ2v) is 3.46. The Morgan fingerprint density at radius 3 is 2.54 bits per heavy atom. The minimum absolute atomic E-state index is 0.750. The molecule has 0 radical (unpaired) electrons. The van der Waals surface area contributed by atoms with Crippen LogP contribution in [0.4, 0.5) is 0 Å². The monoisotopic (exact) mass is 192 g/mol. The lowest BCUT2D eigenvalue weighted by molar-refractivity contribution is 0.165. The fourth-order valence-corrected chi connectivity index (χ4v) is 1.34. The summed E-state index contributed by atoms with van der Waals surface area (Å²) in [6, 6.07) is 8.47. The summed E-state index contributed by atoms with van der Waals surface area (Å²) in [6.45, 7) is 2.78. The van der Waals surface area contributed by atoms with Gasteiger partial charge in [0.15, 0.2) is 0 Å². The lowest BCUT2D eigenvalue weighted by Gasteiger charge is -2.01. The normalized spacial score (nSPS) is 11.2. The van der Waals surface area contributed by atoms with Crippen LogP contribution in [0.5, 0.6) is 0 Å². The van der Waals surface area contributed by atoms with Gasteiger partial charge >= 0.3 is 0 Å². The van der Waals surface area contributed by atoms with E-state index in [1.165, 1.54) is 11.1 Å². The van der Waals surface area contributed by atoms with Crippen LogP contribution in [0.3, 0.4) is 0 Å². The molecule has 0 saturated heterocycles. The molecule has 0 heterocycles. The number of benzene rings is 1. The molecule has 70 valence electrons. The first-order valence-electron chi connectivity index (χ1n) is 4.66. The Bertz CT molecular complexity index is 264. The van der Waals surface area contributed by atoms with Gasteiger partial charge in [-0.2, -0.15) is 0 Å². The summed E-state index contributed by atoms with van der Waals surface area (Å²) in [6.07, 6.45) is 5.05. The van der Waals surface area contributed by atoms with Gasteiger partial charge in [-0.25, -0.2) is 0 Å². The summed E-state index contributed by atoms with van der Waals surface area (Å²) in [4.78, 5) is 0. The molecule has 0 unspecified atom stereocenters. The molecule has 1 aromatic carbocycles. The number of hydrogen-bond acceptors (Lipinski definition) is 1. The predicted molar refractivity (Wildman–Crippen MR) is 60.7 cm³/mol. The van der Waals surface area contributed by atoms with Crippen molar-refractivity contribution in [1.82, 2.24) is 0 Å². The Morgan fingerprint density at radius 2 is 2.00 bits per heavy atom. The van der Waals surface area contributed by atoms with E-state index in [2.05, 4.69) is 30.3 Å². The standard InChI is InChI=1S/C11H16OSi/c1-2-3-10-4-6-11(7-5-10)8-12-9-13/h2-7H,8-9H2,1,13H3/b3-2+. The molecule has 1 aromatic rings. The molecule has 1 rings (SSSR count). The van der Waals surface area contributed by atoms with Crippen LogP contribution in [0.2, 0.25) is 0 Å². The third-order valence-corrected chi connectivity index (χ3v) is 2.22. The Morgan fingerprint density at radius 1 is 1.31 bits per heavy atom. The largest absolute Gasteiger partial charge is 0.381 e. The third-order valence-electron chi connectivity index (χ3n) is 1.81. The summed E-state index contributed by atoms with van der Waals surface area (Å²) >= 11 is 0. The first-order chi connectivity index (χ1) is 6.36. The summed E-state index contributed by atoms with van der Waals surface area (Å²) in [7, 11) is 1.12. The predicted octanol–water partition coefficient (Wildman–Crippen LogP) is 1.56. The quantitative estimate of drug-likeness (QED) is 0.658. The Labute approximate surface area is 82.9 Å². The molecular weight excluding hydrogens is 176 g/mol. The molecule has 0 spiro atoms. The molecule has 0 N–H and O–H groups in total. The molecule has 0 bridgehead atoms. The zero-order chi connectivity index (χ0) is 9.52. The van der Waals surface area contributed by atoms with Crippen LogP contribution in [0.25, 0.3) is 6.08 Å². The van der Waals surface area contributed by atoms with E-state index in [-0.39, 0.29) is 0 Å². The van der Waals surface area contributed by atoms with Crippen molar-refractivity contribution in [3.8, 4) is 0 Å². The second kappa shape index (κ2) is 5.73. The van der Waals surface area contributed by atoms with Gasteiger partial charge in [0.05, 0.1) is 6.61 Å². The maximum atomic E-state index is 5.36. The number of rotatable bonds is 4. The molecule has 0 aliphatic heterocycles. The molecule has 0 aliphatic rings. The summed E-state index contributed by atoms with van der Waals surface area (Å²) in [5, 5.41) is 0. The van der Waals surface area contributed by atoms with E-state index >= 15 is 0 Å². The van der Waals surface area contributed by atoms with Gasteiger partial charge in [0.1, 0.15) is 0 Å². The lowest BCUT2D eigenvalue weighted by atomic mass is 10.1. The van der Waals surface area contributed by atoms with Crippen molar-refractivity contribution in [1.29, 1.82) is 0 Å². The van der Waals surface area contributed by atoms with Crippen LogP contribution in [-0.2, 0) is 11.3 Å². The van der Waals surface area contributed by atoms with E-state index in [4.69, 9.17) is 4.74 Å². The fourth-order valence-electron chi connectivity index (χ4n) is 1.14. The molecule has 13 heavy (non-hydrogen) atoms. The Kier molecular flexibility index (Phi) is 4.50. The molecule has 2 heteroatoms. The number of hydrogen-bond donors (Lipinski definition) is 0. The van der Waals surface area contributed by atoms with Gasteiger partial charge in [0.25, 0.3) is 0 Å². The van der Waals surface area contributed by atoms with E-state index in [0.29, 0.717) is 0 Å². The number of allylic oxidation sites excluding steroid dienone is 1. The highest BCUT2D eigenvalue weighted by Crippen LogP contribution is 2.06. The molecular formula is C11H16OSi. The third kappa shape index (κ3) is 3.57. The highest BCUT2D eigenvalue weighted by atomic mass is 28.1. The maximum Gasteiger partial charge on any atom is 0.0712 e. The van der Waals surface area contributed by atoms with Crippen LogP contribution in [0.15, 0.2) is 30.3 Å². The second-order valence-electron chi connectivity index (χ2n) is 2.88. The molecule has 0 aliphatic carbocycles. The molecule has 0 amide bonds. The van der Waals surface area contributed by atoms with Gasteiger partial charge in [0.2, 0.25) is 0 Å². The minimum Gasteiger partial charge on any atom is -0.381 e. The molecule has 0 fully saturated rings. The van der Waals surface area contributed by atoms with Gasteiger partial charge in [-0.05, 0) is 18.1 Å². The van der Waals surface area contributed by atoms with Crippen molar-refractivity contribution in [2.75, 3.05) is 6.23 Å². The van der Waals surface area contributed by atoms with E-state index in [1.54, 1.807) is 0 Å². The molecule has 0 saturated carbocycles. The van der Waals surface area contributed by atoms with E-state index in [1.807, 2.05) is 13.0 Å². The fraction of sp³-hybridized carbons (Fsp3) is 0.273. The molecule has 1 nitrogen and oxygen atoms in total. The summed E-state index contributed by atoms with van der Waals surface area (Å²) in [5.41, 5.74) is 2.50. The van der Waals surface area contributed by atoms with E-state index in [0.717, 1.165) is 23.1 Å².